The number of carboxylic acids is 1. The molecule has 0 fully saturated rings. The molecule has 3 aromatic rings. The molecule has 9 heteroatoms. The molecule has 0 amide bonds. The Morgan fingerprint density at radius 2 is 1.79 bits per heavy atom. The van der Waals surface area contributed by atoms with Crippen molar-refractivity contribution in [2.24, 2.45) is 12.1 Å². The molecule has 1 heterocycles. The topological polar surface area (TPSA) is 112 Å². The van der Waals surface area contributed by atoms with Gasteiger partial charge in [-0.25, -0.2) is 4.79 Å². The number of nitrogens with one attached hydrogen (secondary N) is 2. The second-order valence-electron chi connectivity index (χ2n) is 7.97. The number of unbranched alkanes of at least 4 members (excludes halogenated alkanes) is 2. The Morgan fingerprint density at radius 1 is 1.12 bits per heavy atom. The molecule has 4 N–H and O–H groups in total. The third-order valence-corrected chi connectivity index (χ3v) is 5.57. The van der Waals surface area contributed by atoms with Crippen molar-refractivity contribution in [1.82, 2.24) is 15.2 Å². The molecule has 0 saturated carbocycles. The fourth-order valence-corrected chi connectivity index (χ4v) is 3.69. The van der Waals surface area contributed by atoms with Crippen molar-refractivity contribution in [3.63, 3.8) is 0 Å². The number of rotatable bonds is 9. The average molecular weight is 480 g/mol. The summed E-state index contributed by atoms with van der Waals surface area (Å²) in [6.07, 6.45) is 4.63. The number of nitrogens with zero attached hydrogens (tertiary/aromatic N) is 3. The summed E-state index contributed by atoms with van der Waals surface area (Å²) in [6.45, 7) is 3.91. The summed E-state index contributed by atoms with van der Waals surface area (Å²) in [4.78, 5) is 10.9. The van der Waals surface area contributed by atoms with Gasteiger partial charge < -0.3 is 15.5 Å². The molecule has 0 aliphatic rings. The predicted octanol–water partition coefficient (Wildman–Crippen LogP) is 4.93. The summed E-state index contributed by atoms with van der Waals surface area (Å²) in [5, 5.41) is 31.6. The summed E-state index contributed by atoms with van der Waals surface area (Å²) in [5.41, 5.74) is 7.11. The van der Waals surface area contributed by atoms with Crippen LogP contribution in [0, 0.1) is 0 Å². The SMILES string of the molecule is CCCCCc1ccc(-c2c(O)c(C(C)=NNC(=S)Nc3ccc(C(=O)O)cc3)nn2C)cc1. The number of anilines is 1. The Bertz CT molecular complexity index is 1180. The highest BCUT2D eigenvalue weighted by molar-refractivity contribution is 7.80. The van der Waals surface area contributed by atoms with E-state index in [0.717, 1.165) is 12.0 Å². The highest BCUT2D eigenvalue weighted by Crippen LogP contribution is 2.32. The monoisotopic (exact) mass is 479 g/mol. The zero-order valence-corrected chi connectivity index (χ0v) is 20.3. The first-order valence-electron chi connectivity index (χ1n) is 11.1. The maximum atomic E-state index is 10.9. The van der Waals surface area contributed by atoms with Crippen LogP contribution in [-0.2, 0) is 13.5 Å². The Hall–Kier alpha value is -3.72. The lowest BCUT2D eigenvalue weighted by molar-refractivity contribution is 0.0697. The van der Waals surface area contributed by atoms with Gasteiger partial charge in [0.15, 0.2) is 16.6 Å². The van der Waals surface area contributed by atoms with Gasteiger partial charge >= 0.3 is 5.97 Å². The molecule has 34 heavy (non-hydrogen) atoms. The summed E-state index contributed by atoms with van der Waals surface area (Å²) < 4.78 is 1.64. The summed E-state index contributed by atoms with van der Waals surface area (Å²) in [6, 6.07) is 14.4. The normalized spacial score (nSPS) is 11.3. The van der Waals surface area contributed by atoms with Gasteiger partial charge in [-0.15, -0.1) is 0 Å². The molecule has 0 saturated heterocycles. The van der Waals surface area contributed by atoms with Crippen molar-refractivity contribution in [2.45, 2.75) is 39.5 Å². The Morgan fingerprint density at radius 3 is 2.41 bits per heavy atom. The van der Waals surface area contributed by atoms with E-state index in [0.29, 0.717) is 22.8 Å². The van der Waals surface area contributed by atoms with Crippen LogP contribution < -0.4 is 10.7 Å². The lowest BCUT2D eigenvalue weighted by atomic mass is 10.0. The molecular weight excluding hydrogens is 450 g/mol. The number of hydrogen-bond acceptors (Lipinski definition) is 5. The number of aryl methyl sites for hydroxylation is 2. The minimum absolute atomic E-state index is 0.0485. The van der Waals surface area contributed by atoms with Gasteiger partial charge in [0.05, 0.1) is 11.3 Å². The fraction of sp³-hybridized carbons (Fsp3) is 0.280. The minimum atomic E-state index is -0.995. The average Bonchev–Trinajstić information content (AvgIpc) is 3.12. The van der Waals surface area contributed by atoms with Crippen molar-refractivity contribution in [3.05, 3.63) is 65.4 Å². The third-order valence-electron chi connectivity index (χ3n) is 5.38. The van der Waals surface area contributed by atoms with E-state index in [9.17, 15) is 9.90 Å². The van der Waals surface area contributed by atoms with E-state index in [1.165, 1.54) is 37.0 Å². The summed E-state index contributed by atoms with van der Waals surface area (Å²) in [7, 11) is 1.78. The second kappa shape index (κ2) is 11.4. The van der Waals surface area contributed by atoms with Crippen LogP contribution in [0.1, 0.15) is 54.7 Å². The van der Waals surface area contributed by atoms with Crippen LogP contribution >= 0.6 is 12.2 Å². The molecule has 0 bridgehead atoms. The van der Waals surface area contributed by atoms with E-state index < -0.39 is 5.97 Å². The Labute approximate surface area is 204 Å². The number of aromatic hydroxyl groups is 1. The van der Waals surface area contributed by atoms with Gasteiger partial charge in [0, 0.05) is 18.3 Å². The maximum Gasteiger partial charge on any atom is 0.335 e. The van der Waals surface area contributed by atoms with Crippen molar-refractivity contribution in [3.8, 4) is 17.0 Å². The first-order chi connectivity index (χ1) is 16.3. The largest absolute Gasteiger partial charge is 0.504 e. The quantitative estimate of drug-likeness (QED) is 0.149. The first kappa shape index (κ1) is 24.9. The standard InChI is InChI=1S/C25H29N5O3S/c1-4-5-6-7-17-8-10-18(11-9-17)22-23(31)21(29-30(22)3)16(2)27-28-25(34)26-20-14-12-19(13-15-20)24(32)33/h8-15,31H,4-7H2,1-3H3,(H,32,33)(H2,26,28,34). The molecule has 0 radical (unpaired) electrons. The number of hydrazone groups is 1. The Balaban J connectivity index is 1.68. The molecule has 2 aromatic carbocycles. The minimum Gasteiger partial charge on any atom is -0.504 e. The third kappa shape index (κ3) is 6.20. The lowest BCUT2D eigenvalue weighted by Crippen LogP contribution is -2.25. The van der Waals surface area contributed by atoms with Crippen LogP contribution in [0.3, 0.4) is 0 Å². The van der Waals surface area contributed by atoms with E-state index >= 15 is 0 Å². The van der Waals surface area contributed by atoms with Crippen molar-refractivity contribution >= 4 is 34.7 Å². The van der Waals surface area contributed by atoms with Crippen LogP contribution in [0.5, 0.6) is 5.75 Å². The van der Waals surface area contributed by atoms with Crippen LogP contribution in [0.25, 0.3) is 11.3 Å². The van der Waals surface area contributed by atoms with E-state index in [2.05, 4.69) is 40.0 Å². The van der Waals surface area contributed by atoms with Gasteiger partial charge in [-0.05, 0) is 61.8 Å². The van der Waals surface area contributed by atoms with Gasteiger partial charge in [-0.2, -0.15) is 10.2 Å². The molecule has 0 spiro atoms. The molecule has 3 rings (SSSR count). The molecule has 0 unspecified atom stereocenters. The molecule has 0 atom stereocenters. The van der Waals surface area contributed by atoms with E-state index in [-0.39, 0.29) is 16.4 Å². The van der Waals surface area contributed by atoms with Crippen LogP contribution in [0.15, 0.2) is 53.6 Å². The van der Waals surface area contributed by atoms with Gasteiger partial charge in [-0.3, -0.25) is 10.1 Å². The van der Waals surface area contributed by atoms with Crippen molar-refractivity contribution < 1.29 is 15.0 Å². The molecular formula is C25H29N5O3S. The van der Waals surface area contributed by atoms with Gasteiger partial charge in [0.25, 0.3) is 0 Å². The molecule has 178 valence electrons. The molecule has 0 aliphatic heterocycles. The van der Waals surface area contributed by atoms with Gasteiger partial charge in [-0.1, -0.05) is 44.0 Å². The van der Waals surface area contributed by atoms with E-state index in [1.807, 2.05) is 12.1 Å². The maximum absolute atomic E-state index is 10.9. The molecule has 0 aliphatic carbocycles. The van der Waals surface area contributed by atoms with Gasteiger partial charge in [0.2, 0.25) is 0 Å². The summed E-state index contributed by atoms with van der Waals surface area (Å²) >= 11 is 5.25. The van der Waals surface area contributed by atoms with E-state index in [4.69, 9.17) is 17.3 Å². The number of benzene rings is 2. The smallest absolute Gasteiger partial charge is 0.335 e. The lowest BCUT2D eigenvalue weighted by Gasteiger charge is -2.08. The van der Waals surface area contributed by atoms with Gasteiger partial charge in [0.1, 0.15) is 5.69 Å². The van der Waals surface area contributed by atoms with Crippen LogP contribution in [0.2, 0.25) is 0 Å². The highest BCUT2D eigenvalue weighted by Gasteiger charge is 2.19. The Kier molecular flexibility index (Phi) is 8.37. The molecule has 8 nitrogen and oxygen atoms in total. The number of carboxylic acid groups (broad SMARTS) is 1. The van der Waals surface area contributed by atoms with E-state index in [1.54, 1.807) is 30.8 Å². The number of thiocarbonyl (C=S) groups is 1. The van der Waals surface area contributed by atoms with Crippen molar-refractivity contribution in [1.29, 1.82) is 0 Å². The van der Waals surface area contributed by atoms with Crippen molar-refractivity contribution in [2.75, 3.05) is 5.32 Å². The summed E-state index contributed by atoms with van der Waals surface area (Å²) in [5.74, 6) is -0.947. The number of aromatic carboxylic acids is 1. The fourth-order valence-electron chi connectivity index (χ4n) is 3.53. The number of hydrogen-bond donors (Lipinski definition) is 4. The highest BCUT2D eigenvalue weighted by atomic mass is 32.1. The zero-order chi connectivity index (χ0) is 24.7. The van der Waals surface area contributed by atoms with Crippen LogP contribution in [-0.4, -0.2) is 36.8 Å². The van der Waals surface area contributed by atoms with Crippen LogP contribution in [0.4, 0.5) is 5.69 Å². The first-order valence-corrected chi connectivity index (χ1v) is 11.5. The second-order valence-corrected chi connectivity index (χ2v) is 8.38. The molecule has 1 aromatic heterocycles. The predicted molar refractivity (Wildman–Crippen MR) is 139 cm³/mol. The number of aromatic nitrogens is 2. The zero-order valence-electron chi connectivity index (χ0n) is 19.5. The number of carbonyl (C=O) groups is 1.